The van der Waals surface area contributed by atoms with Gasteiger partial charge in [0.2, 0.25) is 0 Å². The minimum Gasteiger partial charge on any atom is -0.489 e. The van der Waals surface area contributed by atoms with E-state index in [2.05, 4.69) is 29.7 Å². The van der Waals surface area contributed by atoms with Gasteiger partial charge in [-0.3, -0.25) is 0 Å². The molecule has 0 unspecified atom stereocenters. The van der Waals surface area contributed by atoms with Crippen LogP contribution in [-0.4, -0.2) is 7.11 Å². The summed E-state index contributed by atoms with van der Waals surface area (Å²) in [6.45, 7) is 3.30. The van der Waals surface area contributed by atoms with Crippen molar-refractivity contribution in [3.05, 3.63) is 65.2 Å². The van der Waals surface area contributed by atoms with Gasteiger partial charge in [-0.2, -0.15) is 5.48 Å². The zero-order valence-corrected chi connectivity index (χ0v) is 11.3. The molecule has 0 aromatic heterocycles. The Morgan fingerprint density at radius 1 is 1.00 bits per heavy atom. The summed E-state index contributed by atoms with van der Waals surface area (Å²) in [6, 6.07) is 16.3. The minimum atomic E-state index is 0.586. The van der Waals surface area contributed by atoms with Crippen LogP contribution in [0.15, 0.2) is 48.5 Å². The number of hydrogen-bond donors (Lipinski definition) is 1. The molecule has 0 atom stereocenters. The maximum absolute atomic E-state index is 5.87. The van der Waals surface area contributed by atoms with Gasteiger partial charge in [-0.05, 0) is 29.7 Å². The van der Waals surface area contributed by atoms with Gasteiger partial charge in [0.1, 0.15) is 12.4 Å². The van der Waals surface area contributed by atoms with Crippen molar-refractivity contribution in [1.82, 2.24) is 5.48 Å². The molecule has 0 saturated heterocycles. The van der Waals surface area contributed by atoms with Gasteiger partial charge in [-0.15, -0.1) is 0 Å². The van der Waals surface area contributed by atoms with Gasteiger partial charge >= 0.3 is 0 Å². The Morgan fingerprint density at radius 3 is 2.53 bits per heavy atom. The number of nitrogens with one attached hydrogen (secondary N) is 1. The highest BCUT2D eigenvalue weighted by Crippen LogP contribution is 2.20. The van der Waals surface area contributed by atoms with Gasteiger partial charge in [0.25, 0.3) is 0 Å². The number of benzene rings is 2. The lowest BCUT2D eigenvalue weighted by Gasteiger charge is -2.11. The molecule has 0 saturated carbocycles. The molecule has 0 heterocycles. The van der Waals surface area contributed by atoms with E-state index in [1.54, 1.807) is 7.11 Å². The van der Waals surface area contributed by atoms with Crippen molar-refractivity contribution in [2.45, 2.75) is 20.1 Å². The van der Waals surface area contributed by atoms with Crippen molar-refractivity contribution in [3.8, 4) is 5.75 Å². The van der Waals surface area contributed by atoms with E-state index >= 15 is 0 Å². The van der Waals surface area contributed by atoms with Crippen molar-refractivity contribution in [3.63, 3.8) is 0 Å². The van der Waals surface area contributed by atoms with Crippen molar-refractivity contribution >= 4 is 0 Å². The lowest BCUT2D eigenvalue weighted by Crippen LogP contribution is -2.10. The van der Waals surface area contributed by atoms with Crippen molar-refractivity contribution in [2.24, 2.45) is 0 Å². The predicted molar refractivity (Wildman–Crippen MR) is 75.8 cm³/mol. The van der Waals surface area contributed by atoms with Crippen LogP contribution in [0, 0.1) is 6.92 Å². The highest BCUT2D eigenvalue weighted by molar-refractivity contribution is 5.36. The van der Waals surface area contributed by atoms with Crippen molar-refractivity contribution in [2.75, 3.05) is 7.11 Å². The maximum atomic E-state index is 5.87. The molecular formula is C16H19NO2. The highest BCUT2D eigenvalue weighted by atomic mass is 16.6. The van der Waals surface area contributed by atoms with Crippen LogP contribution >= 0.6 is 0 Å². The molecule has 0 radical (unpaired) electrons. The molecule has 0 aliphatic rings. The third kappa shape index (κ3) is 4.09. The first-order chi connectivity index (χ1) is 9.29. The first kappa shape index (κ1) is 13.6. The largest absolute Gasteiger partial charge is 0.489 e. The fourth-order valence-electron chi connectivity index (χ4n) is 1.80. The molecule has 19 heavy (non-hydrogen) atoms. The van der Waals surface area contributed by atoms with E-state index in [4.69, 9.17) is 9.57 Å². The lowest BCUT2D eigenvalue weighted by molar-refractivity contribution is 0.0866. The topological polar surface area (TPSA) is 30.5 Å². The molecule has 1 N–H and O–H groups in total. The van der Waals surface area contributed by atoms with Crippen LogP contribution in [0.4, 0.5) is 0 Å². The van der Waals surface area contributed by atoms with Crippen LogP contribution in [0.2, 0.25) is 0 Å². The molecule has 2 aromatic rings. The molecule has 0 bridgehead atoms. The average molecular weight is 257 g/mol. The van der Waals surface area contributed by atoms with Gasteiger partial charge in [-0.1, -0.05) is 42.5 Å². The standard InChI is InChI=1S/C16H19NO2/c1-13-8-9-15(11-17-18-2)10-16(13)19-12-14-6-4-3-5-7-14/h3-10,17H,11-12H2,1-2H3. The SMILES string of the molecule is CONCc1ccc(C)c(OCc2ccccc2)c1. The highest BCUT2D eigenvalue weighted by Gasteiger charge is 2.02. The summed E-state index contributed by atoms with van der Waals surface area (Å²) in [6.07, 6.45) is 0. The average Bonchev–Trinajstić information content (AvgIpc) is 2.46. The molecule has 2 rings (SSSR count). The summed E-state index contributed by atoms with van der Waals surface area (Å²) in [7, 11) is 1.61. The number of ether oxygens (including phenoxy) is 1. The van der Waals surface area contributed by atoms with E-state index in [9.17, 15) is 0 Å². The molecule has 100 valence electrons. The van der Waals surface area contributed by atoms with E-state index in [1.165, 1.54) is 5.56 Å². The minimum absolute atomic E-state index is 0.586. The monoisotopic (exact) mass is 257 g/mol. The van der Waals surface area contributed by atoms with E-state index < -0.39 is 0 Å². The summed E-state index contributed by atoms with van der Waals surface area (Å²) < 4.78 is 5.87. The maximum Gasteiger partial charge on any atom is 0.123 e. The van der Waals surface area contributed by atoms with Gasteiger partial charge in [-0.25, -0.2) is 0 Å². The first-order valence-corrected chi connectivity index (χ1v) is 6.31. The summed E-state index contributed by atoms with van der Waals surface area (Å²) in [5.41, 5.74) is 6.27. The Kier molecular flexibility index (Phi) is 4.95. The van der Waals surface area contributed by atoms with Gasteiger partial charge in [0, 0.05) is 6.54 Å². The second-order valence-corrected chi connectivity index (χ2v) is 4.40. The third-order valence-electron chi connectivity index (χ3n) is 2.91. The predicted octanol–water partition coefficient (Wildman–Crippen LogP) is 3.23. The Balaban J connectivity index is 2.02. The summed E-state index contributed by atoms with van der Waals surface area (Å²) in [5, 5.41) is 0. The zero-order valence-electron chi connectivity index (χ0n) is 11.3. The Morgan fingerprint density at radius 2 is 1.79 bits per heavy atom. The second-order valence-electron chi connectivity index (χ2n) is 4.40. The first-order valence-electron chi connectivity index (χ1n) is 6.31. The van der Waals surface area contributed by atoms with Crippen LogP contribution in [0.1, 0.15) is 16.7 Å². The van der Waals surface area contributed by atoms with Crippen LogP contribution in [0.25, 0.3) is 0 Å². The van der Waals surface area contributed by atoms with Crippen LogP contribution in [0.5, 0.6) is 5.75 Å². The van der Waals surface area contributed by atoms with Crippen LogP contribution in [-0.2, 0) is 18.0 Å². The third-order valence-corrected chi connectivity index (χ3v) is 2.91. The fourth-order valence-corrected chi connectivity index (χ4v) is 1.80. The summed E-state index contributed by atoms with van der Waals surface area (Å²) in [4.78, 5) is 4.85. The number of hydroxylamine groups is 1. The zero-order chi connectivity index (χ0) is 13.5. The van der Waals surface area contributed by atoms with E-state index in [0.717, 1.165) is 16.9 Å². The number of rotatable bonds is 6. The molecule has 3 nitrogen and oxygen atoms in total. The quantitative estimate of drug-likeness (QED) is 0.806. The van der Waals surface area contributed by atoms with E-state index in [-0.39, 0.29) is 0 Å². The fraction of sp³-hybridized carbons (Fsp3) is 0.250. The molecule has 0 aliphatic carbocycles. The molecular weight excluding hydrogens is 238 g/mol. The van der Waals surface area contributed by atoms with Crippen molar-refractivity contribution in [1.29, 1.82) is 0 Å². The van der Waals surface area contributed by atoms with Gasteiger partial charge < -0.3 is 9.57 Å². The molecule has 0 aliphatic heterocycles. The van der Waals surface area contributed by atoms with Gasteiger partial charge in [0.05, 0.1) is 7.11 Å². The van der Waals surface area contributed by atoms with E-state index in [0.29, 0.717) is 13.2 Å². The Bertz CT molecular complexity index is 511. The summed E-state index contributed by atoms with van der Waals surface area (Å²) >= 11 is 0. The van der Waals surface area contributed by atoms with E-state index in [1.807, 2.05) is 31.2 Å². The van der Waals surface area contributed by atoms with Crippen molar-refractivity contribution < 1.29 is 9.57 Å². The smallest absolute Gasteiger partial charge is 0.123 e. The second kappa shape index (κ2) is 6.92. The van der Waals surface area contributed by atoms with Crippen LogP contribution in [0.3, 0.4) is 0 Å². The molecule has 0 spiro atoms. The normalized spacial score (nSPS) is 10.4. The molecule has 0 fully saturated rings. The van der Waals surface area contributed by atoms with Gasteiger partial charge in [0.15, 0.2) is 0 Å². The summed E-state index contributed by atoms with van der Waals surface area (Å²) in [5.74, 6) is 0.916. The Labute approximate surface area is 114 Å². The molecule has 0 amide bonds. The molecule has 3 heteroatoms. The lowest BCUT2D eigenvalue weighted by atomic mass is 10.1. The Hall–Kier alpha value is -1.84. The number of aryl methyl sites for hydroxylation is 1. The van der Waals surface area contributed by atoms with Crippen LogP contribution < -0.4 is 10.2 Å². The number of hydrogen-bond acceptors (Lipinski definition) is 3. The molecule has 2 aromatic carbocycles.